The van der Waals surface area contributed by atoms with Crippen molar-refractivity contribution in [3.8, 4) is 0 Å². The minimum atomic E-state index is 0.293. The summed E-state index contributed by atoms with van der Waals surface area (Å²) in [7, 11) is 0. The van der Waals surface area contributed by atoms with Gasteiger partial charge >= 0.3 is 0 Å². The number of hydrogen-bond donors (Lipinski definition) is 0. The SMILES string of the molecule is CCCc1c(Cl)ncnc1N1CCOC(CC)C1. The van der Waals surface area contributed by atoms with Gasteiger partial charge in [0.25, 0.3) is 0 Å². The van der Waals surface area contributed by atoms with Crippen molar-refractivity contribution in [1.82, 2.24) is 9.97 Å². The summed E-state index contributed by atoms with van der Waals surface area (Å²) in [4.78, 5) is 10.8. The van der Waals surface area contributed by atoms with Crippen LogP contribution >= 0.6 is 11.6 Å². The van der Waals surface area contributed by atoms with Crippen molar-refractivity contribution >= 4 is 17.4 Å². The molecular formula is C13H20ClN3O. The molecule has 1 aliphatic rings. The minimum absolute atomic E-state index is 0.293. The van der Waals surface area contributed by atoms with Gasteiger partial charge in [-0.25, -0.2) is 9.97 Å². The van der Waals surface area contributed by atoms with Gasteiger partial charge in [-0.1, -0.05) is 31.9 Å². The number of hydrogen-bond acceptors (Lipinski definition) is 4. The molecule has 1 aromatic rings. The second-order valence-electron chi connectivity index (χ2n) is 4.56. The molecule has 0 aromatic carbocycles. The minimum Gasteiger partial charge on any atom is -0.375 e. The molecule has 0 aliphatic carbocycles. The van der Waals surface area contributed by atoms with Crippen LogP contribution in [0, 0.1) is 0 Å². The van der Waals surface area contributed by atoms with Crippen molar-refractivity contribution in [2.45, 2.75) is 39.2 Å². The van der Waals surface area contributed by atoms with E-state index < -0.39 is 0 Å². The highest BCUT2D eigenvalue weighted by atomic mass is 35.5. The van der Waals surface area contributed by atoms with Crippen LogP contribution in [-0.4, -0.2) is 35.8 Å². The van der Waals surface area contributed by atoms with E-state index in [9.17, 15) is 0 Å². The zero-order valence-corrected chi connectivity index (χ0v) is 11.8. The summed E-state index contributed by atoms with van der Waals surface area (Å²) in [6.07, 6.45) is 4.83. The first kappa shape index (κ1) is 13.6. The molecular weight excluding hydrogens is 250 g/mol. The van der Waals surface area contributed by atoms with E-state index in [4.69, 9.17) is 16.3 Å². The van der Waals surface area contributed by atoms with E-state index in [0.717, 1.165) is 50.3 Å². The smallest absolute Gasteiger partial charge is 0.137 e. The Labute approximate surface area is 113 Å². The molecule has 1 atom stereocenters. The summed E-state index contributed by atoms with van der Waals surface area (Å²) >= 11 is 6.19. The van der Waals surface area contributed by atoms with Gasteiger partial charge in [0.15, 0.2) is 0 Å². The highest BCUT2D eigenvalue weighted by molar-refractivity contribution is 6.30. The summed E-state index contributed by atoms with van der Waals surface area (Å²) in [5, 5.41) is 0.585. The van der Waals surface area contributed by atoms with Crippen molar-refractivity contribution in [1.29, 1.82) is 0 Å². The molecule has 0 bridgehead atoms. The van der Waals surface area contributed by atoms with E-state index in [1.54, 1.807) is 6.33 Å². The standard InChI is InChI=1S/C13H20ClN3O/c1-3-5-11-12(14)15-9-16-13(11)17-6-7-18-10(4-2)8-17/h9-10H,3-8H2,1-2H3. The summed E-state index contributed by atoms with van der Waals surface area (Å²) in [6.45, 7) is 6.81. The molecule has 4 nitrogen and oxygen atoms in total. The average Bonchev–Trinajstić information content (AvgIpc) is 2.41. The predicted octanol–water partition coefficient (Wildman–Crippen LogP) is 2.70. The number of aromatic nitrogens is 2. The lowest BCUT2D eigenvalue weighted by Gasteiger charge is -2.34. The molecule has 1 unspecified atom stereocenters. The van der Waals surface area contributed by atoms with E-state index >= 15 is 0 Å². The Hall–Kier alpha value is -0.870. The maximum Gasteiger partial charge on any atom is 0.137 e. The molecule has 1 saturated heterocycles. The highest BCUT2D eigenvalue weighted by Crippen LogP contribution is 2.26. The Kier molecular flexibility index (Phi) is 4.78. The number of rotatable bonds is 4. The lowest BCUT2D eigenvalue weighted by molar-refractivity contribution is 0.0381. The van der Waals surface area contributed by atoms with Crippen molar-refractivity contribution < 1.29 is 4.74 Å². The summed E-state index contributed by atoms with van der Waals surface area (Å²) in [5.41, 5.74) is 1.07. The lowest BCUT2D eigenvalue weighted by atomic mass is 10.1. The largest absolute Gasteiger partial charge is 0.375 e. The maximum absolute atomic E-state index is 6.19. The van der Waals surface area contributed by atoms with Gasteiger partial charge in [0, 0.05) is 18.7 Å². The number of nitrogens with zero attached hydrogens (tertiary/aromatic N) is 3. The molecule has 0 amide bonds. The summed E-state index contributed by atoms with van der Waals surface area (Å²) in [6, 6.07) is 0. The summed E-state index contributed by atoms with van der Waals surface area (Å²) in [5.74, 6) is 0.985. The molecule has 5 heteroatoms. The van der Waals surface area contributed by atoms with E-state index in [1.165, 1.54) is 0 Å². The van der Waals surface area contributed by atoms with Crippen molar-refractivity contribution in [2.75, 3.05) is 24.6 Å². The van der Waals surface area contributed by atoms with Crippen LogP contribution in [-0.2, 0) is 11.2 Å². The van der Waals surface area contributed by atoms with Crippen LogP contribution in [0.4, 0.5) is 5.82 Å². The summed E-state index contributed by atoms with van der Waals surface area (Å²) < 4.78 is 5.69. The molecule has 0 N–H and O–H groups in total. The molecule has 2 heterocycles. The van der Waals surface area contributed by atoms with Crippen LogP contribution in [0.2, 0.25) is 5.15 Å². The van der Waals surface area contributed by atoms with Crippen LogP contribution in [0.1, 0.15) is 32.3 Å². The Bertz CT molecular complexity index is 400. The van der Waals surface area contributed by atoms with Gasteiger partial charge in [-0.15, -0.1) is 0 Å². The van der Waals surface area contributed by atoms with Crippen LogP contribution in [0.3, 0.4) is 0 Å². The molecule has 1 fully saturated rings. The van der Waals surface area contributed by atoms with Gasteiger partial charge < -0.3 is 9.64 Å². The first-order chi connectivity index (χ1) is 8.76. The zero-order chi connectivity index (χ0) is 13.0. The van der Waals surface area contributed by atoms with E-state index in [-0.39, 0.29) is 0 Å². The molecule has 2 rings (SSSR count). The molecule has 18 heavy (non-hydrogen) atoms. The topological polar surface area (TPSA) is 38.2 Å². The third-order valence-electron chi connectivity index (χ3n) is 3.26. The average molecular weight is 270 g/mol. The Morgan fingerprint density at radius 1 is 1.44 bits per heavy atom. The Morgan fingerprint density at radius 3 is 3.00 bits per heavy atom. The number of ether oxygens (including phenoxy) is 1. The normalized spacial score (nSPS) is 20.2. The van der Waals surface area contributed by atoms with Crippen LogP contribution in [0.15, 0.2) is 6.33 Å². The van der Waals surface area contributed by atoms with Crippen LogP contribution < -0.4 is 4.90 Å². The fraction of sp³-hybridized carbons (Fsp3) is 0.692. The first-order valence-corrected chi connectivity index (χ1v) is 7.00. The monoisotopic (exact) mass is 269 g/mol. The highest BCUT2D eigenvalue weighted by Gasteiger charge is 2.23. The third-order valence-corrected chi connectivity index (χ3v) is 3.59. The second kappa shape index (κ2) is 6.34. The van der Waals surface area contributed by atoms with Crippen LogP contribution in [0.25, 0.3) is 0 Å². The maximum atomic E-state index is 6.19. The third kappa shape index (κ3) is 2.93. The van der Waals surface area contributed by atoms with Crippen molar-refractivity contribution in [3.05, 3.63) is 17.0 Å². The molecule has 0 spiro atoms. The molecule has 1 aliphatic heterocycles. The molecule has 0 saturated carbocycles. The number of anilines is 1. The lowest BCUT2D eigenvalue weighted by Crippen LogP contribution is -2.43. The quantitative estimate of drug-likeness (QED) is 0.788. The first-order valence-electron chi connectivity index (χ1n) is 6.62. The van der Waals surface area contributed by atoms with Crippen LogP contribution in [0.5, 0.6) is 0 Å². The predicted molar refractivity (Wildman–Crippen MR) is 73.3 cm³/mol. The van der Waals surface area contributed by atoms with Gasteiger partial charge in [0.1, 0.15) is 17.3 Å². The fourth-order valence-electron chi connectivity index (χ4n) is 2.28. The van der Waals surface area contributed by atoms with Gasteiger partial charge in [-0.2, -0.15) is 0 Å². The van der Waals surface area contributed by atoms with Gasteiger partial charge in [-0.3, -0.25) is 0 Å². The molecule has 1 aromatic heterocycles. The van der Waals surface area contributed by atoms with E-state index in [2.05, 4.69) is 28.7 Å². The molecule has 100 valence electrons. The molecule has 0 radical (unpaired) electrons. The van der Waals surface area contributed by atoms with Crippen molar-refractivity contribution in [2.24, 2.45) is 0 Å². The van der Waals surface area contributed by atoms with Gasteiger partial charge in [-0.05, 0) is 12.8 Å². The van der Waals surface area contributed by atoms with Crippen molar-refractivity contribution in [3.63, 3.8) is 0 Å². The number of halogens is 1. The van der Waals surface area contributed by atoms with E-state index in [1.807, 2.05) is 0 Å². The number of morpholine rings is 1. The second-order valence-corrected chi connectivity index (χ2v) is 4.92. The van der Waals surface area contributed by atoms with Gasteiger partial charge in [0.05, 0.1) is 12.7 Å². The zero-order valence-electron chi connectivity index (χ0n) is 11.0. The fourth-order valence-corrected chi connectivity index (χ4v) is 2.50. The van der Waals surface area contributed by atoms with Gasteiger partial charge in [0.2, 0.25) is 0 Å². The Balaban J connectivity index is 2.23. The Morgan fingerprint density at radius 2 is 2.28 bits per heavy atom. The van der Waals surface area contributed by atoms with E-state index in [0.29, 0.717) is 11.3 Å².